The van der Waals surface area contributed by atoms with Crippen LogP contribution in [0.3, 0.4) is 0 Å². The highest BCUT2D eigenvalue weighted by Gasteiger charge is 2.23. The van der Waals surface area contributed by atoms with Crippen molar-refractivity contribution in [1.82, 2.24) is 19.7 Å². The molecule has 0 unspecified atom stereocenters. The smallest absolute Gasteiger partial charge is 0.396 e. The fourth-order valence-corrected chi connectivity index (χ4v) is 2.47. The summed E-state index contributed by atoms with van der Waals surface area (Å²) in [5.41, 5.74) is 0.556. The van der Waals surface area contributed by atoms with Gasteiger partial charge in [0.25, 0.3) is 5.22 Å². The molecule has 0 N–H and O–H groups in total. The minimum absolute atomic E-state index is 0.131. The van der Waals surface area contributed by atoms with Crippen molar-refractivity contribution in [3.05, 3.63) is 46.5 Å². The van der Waals surface area contributed by atoms with E-state index in [1.807, 2.05) is 0 Å². The van der Waals surface area contributed by atoms with Crippen molar-refractivity contribution in [2.75, 3.05) is 0 Å². The number of halogens is 1. The third-order valence-corrected chi connectivity index (χ3v) is 3.72. The van der Waals surface area contributed by atoms with Crippen LogP contribution in [0.25, 0.3) is 11.5 Å². The number of nitrogens with zero attached hydrogens (tertiary/aromatic N) is 5. The standard InChI is InChI=1S/C12H8FN5O3S/c1-17-6-14-9(18(19)20)11(17)22-12-16-15-10(21-12)7-2-4-8(13)5-3-7/h2-6H,1H3. The number of aromatic nitrogens is 4. The molecule has 10 heteroatoms. The largest absolute Gasteiger partial charge is 0.411 e. The summed E-state index contributed by atoms with van der Waals surface area (Å²) in [5.74, 6) is -0.454. The Hall–Kier alpha value is -2.75. The normalized spacial score (nSPS) is 10.8. The molecule has 2 aromatic heterocycles. The van der Waals surface area contributed by atoms with E-state index in [1.165, 1.54) is 35.2 Å². The van der Waals surface area contributed by atoms with Gasteiger partial charge in [0.15, 0.2) is 5.03 Å². The maximum atomic E-state index is 12.9. The molecule has 8 nitrogen and oxygen atoms in total. The number of benzene rings is 1. The molecule has 0 amide bonds. The van der Waals surface area contributed by atoms with Gasteiger partial charge < -0.3 is 19.1 Å². The third-order valence-electron chi connectivity index (χ3n) is 2.72. The van der Waals surface area contributed by atoms with E-state index in [0.717, 1.165) is 11.8 Å². The first kappa shape index (κ1) is 14.2. The van der Waals surface area contributed by atoms with Crippen LogP contribution in [-0.2, 0) is 7.05 Å². The first-order chi connectivity index (χ1) is 10.5. The highest BCUT2D eigenvalue weighted by molar-refractivity contribution is 7.99. The molecule has 0 aliphatic carbocycles. The Bertz CT molecular complexity index is 830. The first-order valence-electron chi connectivity index (χ1n) is 5.97. The van der Waals surface area contributed by atoms with Gasteiger partial charge in [0, 0.05) is 12.6 Å². The van der Waals surface area contributed by atoms with E-state index in [-0.39, 0.29) is 27.8 Å². The molecule has 0 saturated heterocycles. The Morgan fingerprint density at radius 1 is 1.32 bits per heavy atom. The molecular formula is C12H8FN5O3S. The lowest BCUT2D eigenvalue weighted by molar-refractivity contribution is -0.392. The molecule has 22 heavy (non-hydrogen) atoms. The van der Waals surface area contributed by atoms with Gasteiger partial charge in [-0.3, -0.25) is 0 Å². The molecule has 0 radical (unpaired) electrons. The molecule has 0 atom stereocenters. The first-order valence-corrected chi connectivity index (χ1v) is 6.79. The lowest BCUT2D eigenvalue weighted by atomic mass is 10.2. The molecule has 3 aromatic rings. The molecule has 0 bridgehead atoms. The zero-order valence-corrected chi connectivity index (χ0v) is 12.0. The Morgan fingerprint density at radius 3 is 2.73 bits per heavy atom. The molecule has 0 aliphatic heterocycles. The van der Waals surface area contributed by atoms with Gasteiger partial charge in [0.2, 0.25) is 12.2 Å². The van der Waals surface area contributed by atoms with E-state index >= 15 is 0 Å². The van der Waals surface area contributed by atoms with E-state index in [4.69, 9.17) is 4.42 Å². The van der Waals surface area contributed by atoms with Crippen molar-refractivity contribution in [2.24, 2.45) is 7.05 Å². The Morgan fingerprint density at radius 2 is 2.05 bits per heavy atom. The van der Waals surface area contributed by atoms with Gasteiger partial charge in [-0.05, 0) is 45.9 Å². The summed E-state index contributed by atoms with van der Waals surface area (Å²) < 4.78 is 19.8. The number of hydrogen-bond donors (Lipinski definition) is 0. The van der Waals surface area contributed by atoms with Crippen LogP contribution in [0.5, 0.6) is 0 Å². The molecule has 2 heterocycles. The molecular weight excluding hydrogens is 313 g/mol. The second kappa shape index (κ2) is 5.56. The predicted molar refractivity (Wildman–Crippen MR) is 73.7 cm³/mol. The molecule has 0 aliphatic rings. The van der Waals surface area contributed by atoms with Crippen LogP contribution in [0.4, 0.5) is 10.2 Å². The van der Waals surface area contributed by atoms with E-state index in [1.54, 1.807) is 7.05 Å². The van der Waals surface area contributed by atoms with Gasteiger partial charge in [0.05, 0.1) is 0 Å². The SMILES string of the molecule is Cn1cnc([N+](=O)[O-])c1Sc1nnc(-c2ccc(F)cc2)o1. The van der Waals surface area contributed by atoms with Gasteiger partial charge in [-0.15, -0.1) is 10.2 Å². The van der Waals surface area contributed by atoms with Crippen molar-refractivity contribution in [1.29, 1.82) is 0 Å². The highest BCUT2D eigenvalue weighted by atomic mass is 32.2. The average Bonchev–Trinajstić information content (AvgIpc) is 3.08. The zero-order chi connectivity index (χ0) is 15.7. The summed E-state index contributed by atoms with van der Waals surface area (Å²) in [4.78, 5) is 14.0. The monoisotopic (exact) mass is 321 g/mol. The summed E-state index contributed by atoms with van der Waals surface area (Å²) in [6, 6.07) is 5.56. The van der Waals surface area contributed by atoms with E-state index in [0.29, 0.717) is 5.56 Å². The lowest BCUT2D eigenvalue weighted by Gasteiger charge is -1.97. The second-order valence-electron chi connectivity index (χ2n) is 4.22. The predicted octanol–water partition coefficient (Wildman–Crippen LogP) is 2.67. The molecule has 0 spiro atoms. The number of hydrogen-bond acceptors (Lipinski definition) is 7. The van der Waals surface area contributed by atoms with Crippen LogP contribution >= 0.6 is 11.8 Å². The fraction of sp³-hybridized carbons (Fsp3) is 0.0833. The van der Waals surface area contributed by atoms with Crippen molar-refractivity contribution >= 4 is 17.6 Å². The van der Waals surface area contributed by atoms with Crippen LogP contribution in [0.1, 0.15) is 0 Å². The summed E-state index contributed by atoms with van der Waals surface area (Å²) in [5, 5.41) is 19.0. The van der Waals surface area contributed by atoms with Gasteiger partial charge >= 0.3 is 5.82 Å². The maximum absolute atomic E-state index is 12.9. The third kappa shape index (κ3) is 2.68. The van der Waals surface area contributed by atoms with Gasteiger partial charge in [0.1, 0.15) is 5.82 Å². The summed E-state index contributed by atoms with van der Waals surface area (Å²) >= 11 is 0.939. The van der Waals surface area contributed by atoms with Crippen LogP contribution in [0.2, 0.25) is 0 Å². The number of nitro groups is 1. The number of imidazole rings is 1. The average molecular weight is 321 g/mol. The summed E-state index contributed by atoms with van der Waals surface area (Å²) in [6.45, 7) is 0. The van der Waals surface area contributed by atoms with E-state index in [2.05, 4.69) is 15.2 Å². The van der Waals surface area contributed by atoms with E-state index < -0.39 is 4.92 Å². The molecule has 112 valence electrons. The van der Waals surface area contributed by atoms with Gasteiger partial charge in [-0.2, -0.15) is 0 Å². The zero-order valence-electron chi connectivity index (χ0n) is 11.1. The summed E-state index contributed by atoms with van der Waals surface area (Å²) in [6.07, 6.45) is 1.33. The van der Waals surface area contributed by atoms with Crippen LogP contribution in [0.15, 0.2) is 45.3 Å². The minimum Gasteiger partial charge on any atom is -0.411 e. The number of aryl methyl sites for hydroxylation is 1. The van der Waals surface area contributed by atoms with Crippen molar-refractivity contribution < 1.29 is 13.7 Å². The quantitative estimate of drug-likeness (QED) is 0.538. The molecule has 0 fully saturated rings. The minimum atomic E-state index is -0.584. The Labute approximate surface area is 127 Å². The fourth-order valence-electron chi connectivity index (χ4n) is 1.69. The summed E-state index contributed by atoms with van der Waals surface area (Å²) in [7, 11) is 1.62. The lowest BCUT2D eigenvalue weighted by Crippen LogP contribution is -1.93. The van der Waals surface area contributed by atoms with Gasteiger partial charge in [-0.25, -0.2) is 4.39 Å². The maximum Gasteiger partial charge on any atom is 0.396 e. The van der Waals surface area contributed by atoms with Crippen LogP contribution < -0.4 is 0 Å². The van der Waals surface area contributed by atoms with E-state index in [9.17, 15) is 14.5 Å². The van der Waals surface area contributed by atoms with Crippen LogP contribution in [-0.4, -0.2) is 24.7 Å². The van der Waals surface area contributed by atoms with Crippen molar-refractivity contribution in [3.8, 4) is 11.5 Å². The Balaban J connectivity index is 1.87. The van der Waals surface area contributed by atoms with Gasteiger partial charge in [-0.1, -0.05) is 0 Å². The molecule has 1 aromatic carbocycles. The highest BCUT2D eigenvalue weighted by Crippen LogP contribution is 2.33. The second-order valence-corrected chi connectivity index (χ2v) is 5.16. The topological polar surface area (TPSA) is 99.9 Å². The molecule has 3 rings (SSSR count). The van der Waals surface area contributed by atoms with Crippen molar-refractivity contribution in [3.63, 3.8) is 0 Å². The van der Waals surface area contributed by atoms with Crippen LogP contribution in [0, 0.1) is 15.9 Å². The molecule has 0 saturated carbocycles. The van der Waals surface area contributed by atoms with Crippen molar-refractivity contribution in [2.45, 2.75) is 10.2 Å². The Kier molecular flexibility index (Phi) is 3.59. The number of rotatable bonds is 4.